The van der Waals surface area contributed by atoms with Crippen molar-refractivity contribution in [2.45, 2.75) is 12.8 Å². The smallest absolute Gasteiger partial charge is 0.223 e. The molecule has 1 saturated heterocycles. The molecular formula is C25H22ClFN6O2. The normalized spacial score (nSPS) is 13.9. The lowest BCUT2D eigenvalue weighted by Crippen LogP contribution is -2.49. The number of carbonyl (C=O) groups excluding carboxylic acids is 2. The van der Waals surface area contributed by atoms with Gasteiger partial charge in [-0.2, -0.15) is 5.10 Å². The van der Waals surface area contributed by atoms with Crippen LogP contribution in [0.2, 0.25) is 5.02 Å². The lowest BCUT2D eigenvalue weighted by Gasteiger charge is -2.35. The van der Waals surface area contributed by atoms with Crippen molar-refractivity contribution in [3.63, 3.8) is 0 Å². The van der Waals surface area contributed by atoms with Gasteiger partial charge in [0.05, 0.1) is 17.3 Å². The van der Waals surface area contributed by atoms with Crippen LogP contribution in [0.5, 0.6) is 0 Å². The van der Waals surface area contributed by atoms with Gasteiger partial charge in [0.1, 0.15) is 18.0 Å². The molecule has 5 rings (SSSR count). The van der Waals surface area contributed by atoms with E-state index >= 15 is 0 Å². The highest BCUT2D eigenvalue weighted by molar-refractivity contribution is 6.30. The molecular weight excluding hydrogens is 471 g/mol. The van der Waals surface area contributed by atoms with E-state index in [1.165, 1.54) is 30.6 Å². The van der Waals surface area contributed by atoms with Gasteiger partial charge < -0.3 is 9.80 Å². The molecule has 4 aromatic rings. The molecule has 1 aliphatic heterocycles. The number of amides is 1. The Morgan fingerprint density at radius 1 is 0.971 bits per heavy atom. The Hall–Kier alpha value is -3.85. The molecule has 0 N–H and O–H groups in total. The van der Waals surface area contributed by atoms with Crippen LogP contribution < -0.4 is 4.90 Å². The van der Waals surface area contributed by atoms with Crippen LogP contribution in [0.4, 0.5) is 10.2 Å². The predicted octanol–water partition coefficient (Wildman–Crippen LogP) is 3.92. The largest absolute Gasteiger partial charge is 0.352 e. The highest BCUT2D eigenvalue weighted by Gasteiger charge is 2.24. The third kappa shape index (κ3) is 4.85. The molecule has 0 spiro atoms. The molecule has 0 aliphatic carbocycles. The van der Waals surface area contributed by atoms with E-state index in [1.807, 2.05) is 18.2 Å². The Morgan fingerprint density at radius 3 is 2.49 bits per heavy atom. The minimum Gasteiger partial charge on any atom is -0.352 e. The lowest BCUT2D eigenvalue weighted by molar-refractivity contribution is -0.131. The number of anilines is 1. The summed E-state index contributed by atoms with van der Waals surface area (Å²) in [7, 11) is 0. The summed E-state index contributed by atoms with van der Waals surface area (Å²) < 4.78 is 14.8. The van der Waals surface area contributed by atoms with Gasteiger partial charge in [-0.15, -0.1) is 0 Å². The molecule has 3 heterocycles. The maximum atomic E-state index is 13.0. The minimum atomic E-state index is -0.395. The van der Waals surface area contributed by atoms with Crippen LogP contribution in [-0.4, -0.2) is 62.5 Å². The number of ketones is 1. The summed E-state index contributed by atoms with van der Waals surface area (Å²) >= 11 is 6.14. The molecule has 1 aliphatic rings. The molecule has 8 nitrogen and oxygen atoms in total. The first-order valence-electron chi connectivity index (χ1n) is 11.3. The topological polar surface area (TPSA) is 84.2 Å². The summed E-state index contributed by atoms with van der Waals surface area (Å²) in [5.41, 5.74) is 1.90. The summed E-state index contributed by atoms with van der Waals surface area (Å²) in [6, 6.07) is 12.8. The van der Waals surface area contributed by atoms with Gasteiger partial charge in [0.2, 0.25) is 5.91 Å². The van der Waals surface area contributed by atoms with E-state index in [-0.39, 0.29) is 24.5 Å². The standard InChI is InChI=1S/C25H22ClFN6O2/c26-18-2-1-3-20(14-18)33-25-21(15-30-33)24(28-16-29-25)32-12-10-31(11-13-32)23(35)9-8-22(34)17-4-6-19(27)7-5-17/h1-7,14-16H,8-13H2. The number of carbonyl (C=O) groups is 2. The van der Waals surface area contributed by atoms with Crippen LogP contribution in [0, 0.1) is 5.82 Å². The maximum Gasteiger partial charge on any atom is 0.223 e. The van der Waals surface area contributed by atoms with Gasteiger partial charge in [-0.25, -0.2) is 19.0 Å². The van der Waals surface area contributed by atoms with E-state index < -0.39 is 5.82 Å². The number of fused-ring (bicyclic) bond motifs is 1. The molecule has 10 heteroatoms. The van der Waals surface area contributed by atoms with Crippen molar-refractivity contribution in [2.24, 2.45) is 0 Å². The van der Waals surface area contributed by atoms with Crippen molar-refractivity contribution in [2.75, 3.05) is 31.1 Å². The van der Waals surface area contributed by atoms with Gasteiger partial charge in [0, 0.05) is 49.6 Å². The average Bonchev–Trinajstić information content (AvgIpc) is 3.32. The number of benzene rings is 2. The first-order chi connectivity index (χ1) is 17.0. The zero-order chi connectivity index (χ0) is 24.4. The number of hydrogen-bond acceptors (Lipinski definition) is 6. The summed E-state index contributed by atoms with van der Waals surface area (Å²) in [6.07, 6.45) is 3.48. The molecule has 0 saturated carbocycles. The number of hydrogen-bond donors (Lipinski definition) is 0. The Bertz CT molecular complexity index is 1380. The third-order valence-corrected chi connectivity index (χ3v) is 6.30. The van der Waals surface area contributed by atoms with E-state index in [2.05, 4.69) is 20.0 Å². The highest BCUT2D eigenvalue weighted by Crippen LogP contribution is 2.26. The molecule has 35 heavy (non-hydrogen) atoms. The fraction of sp³-hybridized carbons (Fsp3) is 0.240. The van der Waals surface area contributed by atoms with Gasteiger partial charge in [0.15, 0.2) is 11.4 Å². The number of Topliss-reactive ketones (excluding diaryl/α,β-unsaturated/α-hetero) is 1. The first kappa shape index (κ1) is 22.9. The van der Waals surface area contributed by atoms with Crippen molar-refractivity contribution >= 4 is 40.1 Å². The van der Waals surface area contributed by atoms with Crippen LogP contribution in [0.3, 0.4) is 0 Å². The quantitative estimate of drug-likeness (QED) is 0.379. The van der Waals surface area contributed by atoms with Gasteiger partial charge >= 0.3 is 0 Å². The second kappa shape index (κ2) is 9.79. The Labute approximate surface area is 205 Å². The number of rotatable bonds is 6. The van der Waals surface area contributed by atoms with E-state index in [1.54, 1.807) is 21.8 Å². The molecule has 1 amide bonds. The van der Waals surface area contributed by atoms with E-state index in [0.717, 1.165) is 16.9 Å². The van der Waals surface area contributed by atoms with E-state index in [9.17, 15) is 14.0 Å². The lowest BCUT2D eigenvalue weighted by atomic mass is 10.1. The monoisotopic (exact) mass is 492 g/mol. The summed E-state index contributed by atoms with van der Waals surface area (Å²) in [4.78, 5) is 37.8. The second-order valence-electron chi connectivity index (χ2n) is 8.27. The number of aromatic nitrogens is 4. The molecule has 2 aromatic heterocycles. The molecule has 1 fully saturated rings. The zero-order valence-electron chi connectivity index (χ0n) is 18.8. The van der Waals surface area contributed by atoms with Crippen LogP contribution in [0.25, 0.3) is 16.7 Å². The maximum absolute atomic E-state index is 13.0. The van der Waals surface area contributed by atoms with Crippen LogP contribution in [0.1, 0.15) is 23.2 Å². The molecule has 0 bridgehead atoms. The Balaban J connectivity index is 1.22. The molecule has 0 unspecified atom stereocenters. The second-order valence-corrected chi connectivity index (χ2v) is 8.71. The summed E-state index contributed by atoms with van der Waals surface area (Å²) in [5.74, 6) is 0.133. The van der Waals surface area contributed by atoms with Crippen molar-refractivity contribution in [1.82, 2.24) is 24.6 Å². The number of piperazine rings is 1. The van der Waals surface area contributed by atoms with Crippen molar-refractivity contribution in [3.8, 4) is 5.69 Å². The molecule has 178 valence electrons. The van der Waals surface area contributed by atoms with Crippen molar-refractivity contribution in [3.05, 3.63) is 77.5 Å². The highest BCUT2D eigenvalue weighted by atomic mass is 35.5. The van der Waals surface area contributed by atoms with Crippen molar-refractivity contribution in [1.29, 1.82) is 0 Å². The third-order valence-electron chi connectivity index (χ3n) is 6.06. The van der Waals surface area contributed by atoms with E-state index in [0.29, 0.717) is 42.4 Å². The van der Waals surface area contributed by atoms with Gasteiger partial charge in [-0.3, -0.25) is 9.59 Å². The fourth-order valence-corrected chi connectivity index (χ4v) is 4.39. The molecule has 0 radical (unpaired) electrons. The predicted molar refractivity (Wildman–Crippen MR) is 130 cm³/mol. The average molecular weight is 493 g/mol. The fourth-order valence-electron chi connectivity index (χ4n) is 4.21. The summed E-state index contributed by atoms with van der Waals surface area (Å²) in [6.45, 7) is 2.26. The van der Waals surface area contributed by atoms with E-state index in [4.69, 9.17) is 11.6 Å². The molecule has 2 aromatic carbocycles. The summed E-state index contributed by atoms with van der Waals surface area (Å²) in [5, 5.41) is 5.92. The number of halogens is 2. The Morgan fingerprint density at radius 2 is 1.74 bits per heavy atom. The van der Waals surface area contributed by atoms with Crippen LogP contribution in [0.15, 0.2) is 61.1 Å². The molecule has 0 atom stereocenters. The van der Waals surface area contributed by atoms with Gasteiger partial charge in [-0.05, 0) is 42.5 Å². The van der Waals surface area contributed by atoms with Crippen molar-refractivity contribution < 1.29 is 14.0 Å². The van der Waals surface area contributed by atoms with Gasteiger partial charge in [-0.1, -0.05) is 17.7 Å². The zero-order valence-corrected chi connectivity index (χ0v) is 19.5. The SMILES string of the molecule is O=C(CCC(=O)N1CCN(c2ncnc3c2cnn3-c2cccc(Cl)c2)CC1)c1ccc(F)cc1. The van der Waals surface area contributed by atoms with Crippen LogP contribution >= 0.6 is 11.6 Å². The number of nitrogens with zero attached hydrogens (tertiary/aromatic N) is 6. The van der Waals surface area contributed by atoms with Crippen LogP contribution in [-0.2, 0) is 4.79 Å². The minimum absolute atomic E-state index is 0.0678. The first-order valence-corrected chi connectivity index (χ1v) is 11.6. The van der Waals surface area contributed by atoms with Gasteiger partial charge in [0.25, 0.3) is 0 Å². The Kier molecular flexibility index (Phi) is 6.41.